The summed E-state index contributed by atoms with van der Waals surface area (Å²) in [6, 6.07) is 5.00. The number of likely N-dealkylation sites (N-methyl/N-ethyl adjacent to an activating group) is 1. The highest BCUT2D eigenvalue weighted by Gasteiger charge is 2.15. The molecular weight excluding hydrogens is 254 g/mol. The van der Waals surface area contributed by atoms with Crippen molar-refractivity contribution in [1.29, 1.82) is 0 Å². The van der Waals surface area contributed by atoms with E-state index in [0.717, 1.165) is 0 Å². The smallest absolute Gasteiger partial charge is 0.260 e. The first-order chi connectivity index (χ1) is 8.45. The van der Waals surface area contributed by atoms with E-state index in [1.54, 1.807) is 32.0 Å². The second kappa shape index (κ2) is 6.61. The van der Waals surface area contributed by atoms with Gasteiger partial charge >= 0.3 is 0 Å². The van der Waals surface area contributed by atoms with Crippen molar-refractivity contribution in [2.75, 3.05) is 6.54 Å². The minimum absolute atomic E-state index is 0.187. The fourth-order valence-corrected chi connectivity index (χ4v) is 1.67. The summed E-state index contributed by atoms with van der Waals surface area (Å²) in [5, 5.41) is 12.5. The SMILES string of the molecule is CCNC(=O)C(C)Oc1ccc(C(C)O)cc1Cl. The van der Waals surface area contributed by atoms with Crippen molar-refractivity contribution < 1.29 is 14.6 Å². The summed E-state index contributed by atoms with van der Waals surface area (Å²) < 4.78 is 5.47. The highest BCUT2D eigenvalue weighted by atomic mass is 35.5. The van der Waals surface area contributed by atoms with Crippen LogP contribution in [0.1, 0.15) is 32.4 Å². The highest BCUT2D eigenvalue weighted by Crippen LogP contribution is 2.28. The largest absolute Gasteiger partial charge is 0.479 e. The zero-order valence-corrected chi connectivity index (χ0v) is 11.5. The number of amides is 1. The van der Waals surface area contributed by atoms with E-state index in [4.69, 9.17) is 16.3 Å². The molecule has 100 valence electrons. The molecule has 1 rings (SSSR count). The molecule has 1 amide bonds. The number of aliphatic hydroxyl groups is 1. The van der Waals surface area contributed by atoms with Crippen LogP contribution in [0.3, 0.4) is 0 Å². The van der Waals surface area contributed by atoms with E-state index in [0.29, 0.717) is 22.9 Å². The van der Waals surface area contributed by atoms with Crippen molar-refractivity contribution in [3.63, 3.8) is 0 Å². The van der Waals surface area contributed by atoms with Crippen LogP contribution in [-0.2, 0) is 4.79 Å². The van der Waals surface area contributed by atoms with Gasteiger partial charge in [0.1, 0.15) is 5.75 Å². The molecule has 1 aromatic carbocycles. The van der Waals surface area contributed by atoms with Crippen LogP contribution in [0.5, 0.6) is 5.75 Å². The summed E-state index contributed by atoms with van der Waals surface area (Å²) in [5.74, 6) is 0.244. The lowest BCUT2D eigenvalue weighted by atomic mass is 10.1. The Morgan fingerprint density at radius 3 is 2.67 bits per heavy atom. The van der Waals surface area contributed by atoms with Gasteiger partial charge in [-0.05, 0) is 38.5 Å². The van der Waals surface area contributed by atoms with Crippen LogP contribution in [0.4, 0.5) is 0 Å². The van der Waals surface area contributed by atoms with Crippen molar-refractivity contribution in [2.45, 2.75) is 33.0 Å². The third kappa shape index (κ3) is 3.89. The van der Waals surface area contributed by atoms with Crippen molar-refractivity contribution in [2.24, 2.45) is 0 Å². The quantitative estimate of drug-likeness (QED) is 0.864. The van der Waals surface area contributed by atoms with Gasteiger partial charge in [-0.3, -0.25) is 4.79 Å². The van der Waals surface area contributed by atoms with E-state index in [2.05, 4.69) is 5.32 Å². The molecule has 4 nitrogen and oxygen atoms in total. The first kappa shape index (κ1) is 14.8. The fourth-order valence-electron chi connectivity index (χ4n) is 1.43. The number of benzene rings is 1. The maximum Gasteiger partial charge on any atom is 0.260 e. The maximum absolute atomic E-state index is 11.5. The number of hydrogen-bond donors (Lipinski definition) is 2. The van der Waals surface area contributed by atoms with Gasteiger partial charge in [0.2, 0.25) is 0 Å². The summed E-state index contributed by atoms with van der Waals surface area (Å²) in [7, 11) is 0. The monoisotopic (exact) mass is 271 g/mol. The average molecular weight is 272 g/mol. The first-order valence-electron chi connectivity index (χ1n) is 5.87. The molecule has 5 heteroatoms. The summed E-state index contributed by atoms with van der Waals surface area (Å²) in [6.45, 7) is 5.71. The molecule has 0 saturated carbocycles. The Labute approximate surface area is 112 Å². The molecule has 18 heavy (non-hydrogen) atoms. The predicted octanol–water partition coefficient (Wildman–Crippen LogP) is 2.30. The van der Waals surface area contributed by atoms with Gasteiger partial charge in [-0.25, -0.2) is 0 Å². The van der Waals surface area contributed by atoms with Gasteiger partial charge in [-0.2, -0.15) is 0 Å². The molecule has 0 fully saturated rings. The Morgan fingerprint density at radius 2 is 2.17 bits per heavy atom. The molecular formula is C13H18ClNO3. The molecule has 0 aromatic heterocycles. The molecule has 0 aliphatic carbocycles. The van der Waals surface area contributed by atoms with Crippen LogP contribution in [0, 0.1) is 0 Å². The average Bonchev–Trinajstić information content (AvgIpc) is 2.31. The molecule has 2 unspecified atom stereocenters. The maximum atomic E-state index is 11.5. The molecule has 2 atom stereocenters. The van der Waals surface area contributed by atoms with Crippen molar-refractivity contribution in [3.8, 4) is 5.75 Å². The van der Waals surface area contributed by atoms with Gasteiger partial charge < -0.3 is 15.2 Å². The van der Waals surface area contributed by atoms with Crippen LogP contribution in [-0.4, -0.2) is 23.7 Å². The number of carbonyl (C=O) groups is 1. The predicted molar refractivity (Wildman–Crippen MR) is 70.9 cm³/mol. The van der Waals surface area contributed by atoms with E-state index < -0.39 is 12.2 Å². The van der Waals surface area contributed by atoms with E-state index in [1.807, 2.05) is 6.92 Å². The normalized spacial score (nSPS) is 13.8. The van der Waals surface area contributed by atoms with Crippen LogP contribution >= 0.6 is 11.6 Å². The fraction of sp³-hybridized carbons (Fsp3) is 0.462. The highest BCUT2D eigenvalue weighted by molar-refractivity contribution is 6.32. The number of ether oxygens (including phenoxy) is 1. The van der Waals surface area contributed by atoms with Gasteiger partial charge in [0.05, 0.1) is 11.1 Å². The Morgan fingerprint density at radius 1 is 1.50 bits per heavy atom. The van der Waals surface area contributed by atoms with Gasteiger partial charge in [0.25, 0.3) is 5.91 Å². The topological polar surface area (TPSA) is 58.6 Å². The van der Waals surface area contributed by atoms with Crippen molar-refractivity contribution >= 4 is 17.5 Å². The van der Waals surface area contributed by atoms with Crippen LogP contribution < -0.4 is 10.1 Å². The summed E-state index contributed by atoms with van der Waals surface area (Å²) in [5.41, 5.74) is 0.706. The molecule has 0 aliphatic heterocycles. The summed E-state index contributed by atoms with van der Waals surface area (Å²) in [6.07, 6.45) is -1.20. The van der Waals surface area contributed by atoms with Crippen LogP contribution in [0.25, 0.3) is 0 Å². The summed E-state index contributed by atoms with van der Waals surface area (Å²) in [4.78, 5) is 11.5. The first-order valence-corrected chi connectivity index (χ1v) is 6.25. The van der Waals surface area contributed by atoms with Crippen molar-refractivity contribution in [1.82, 2.24) is 5.32 Å². The van der Waals surface area contributed by atoms with E-state index in [-0.39, 0.29) is 5.91 Å². The lowest BCUT2D eigenvalue weighted by molar-refractivity contribution is -0.127. The minimum atomic E-state index is -0.611. The van der Waals surface area contributed by atoms with Gasteiger partial charge in [0, 0.05) is 6.54 Å². The van der Waals surface area contributed by atoms with Gasteiger partial charge in [0.15, 0.2) is 6.10 Å². The summed E-state index contributed by atoms with van der Waals surface area (Å²) >= 11 is 6.03. The Bertz CT molecular complexity index is 421. The molecule has 0 saturated heterocycles. The van der Waals surface area contributed by atoms with Crippen LogP contribution in [0.15, 0.2) is 18.2 Å². The third-order valence-electron chi connectivity index (χ3n) is 2.46. The Kier molecular flexibility index (Phi) is 5.44. The lowest BCUT2D eigenvalue weighted by Gasteiger charge is -2.16. The molecule has 0 heterocycles. The standard InChI is InChI=1S/C13H18ClNO3/c1-4-15-13(17)9(3)18-12-6-5-10(8(2)16)7-11(12)14/h5-9,16H,4H2,1-3H3,(H,15,17). The number of rotatable bonds is 5. The van der Waals surface area contributed by atoms with E-state index in [9.17, 15) is 9.90 Å². The second-order valence-electron chi connectivity index (χ2n) is 4.02. The molecule has 0 bridgehead atoms. The second-order valence-corrected chi connectivity index (χ2v) is 4.43. The van der Waals surface area contributed by atoms with Crippen molar-refractivity contribution in [3.05, 3.63) is 28.8 Å². The van der Waals surface area contributed by atoms with E-state index >= 15 is 0 Å². The lowest BCUT2D eigenvalue weighted by Crippen LogP contribution is -2.36. The molecule has 0 spiro atoms. The van der Waals surface area contributed by atoms with Crippen LogP contribution in [0.2, 0.25) is 5.02 Å². The number of hydrogen-bond acceptors (Lipinski definition) is 3. The Balaban J connectivity index is 2.76. The minimum Gasteiger partial charge on any atom is -0.479 e. The molecule has 0 aliphatic rings. The van der Waals surface area contributed by atoms with E-state index in [1.165, 1.54) is 0 Å². The van der Waals surface area contributed by atoms with Gasteiger partial charge in [-0.15, -0.1) is 0 Å². The Hall–Kier alpha value is -1.26. The number of halogens is 1. The number of aliphatic hydroxyl groups excluding tert-OH is 1. The third-order valence-corrected chi connectivity index (χ3v) is 2.76. The number of carbonyl (C=O) groups excluding carboxylic acids is 1. The van der Waals surface area contributed by atoms with Gasteiger partial charge in [-0.1, -0.05) is 17.7 Å². The zero-order chi connectivity index (χ0) is 13.7. The molecule has 0 radical (unpaired) electrons. The zero-order valence-electron chi connectivity index (χ0n) is 10.7. The molecule has 1 aromatic rings. The molecule has 2 N–H and O–H groups in total. The number of nitrogens with one attached hydrogen (secondary N) is 1.